The van der Waals surface area contributed by atoms with Gasteiger partial charge in [-0.15, -0.1) is 0 Å². The molecular weight excluding hydrogens is 252 g/mol. The lowest BCUT2D eigenvalue weighted by Gasteiger charge is -2.36. The van der Waals surface area contributed by atoms with Gasteiger partial charge in [0.15, 0.2) is 0 Å². The quantitative estimate of drug-likeness (QED) is 0.738. The molecule has 0 aromatic carbocycles. The van der Waals surface area contributed by atoms with Gasteiger partial charge in [0.2, 0.25) is 0 Å². The molecule has 1 aliphatic heterocycles. The van der Waals surface area contributed by atoms with Gasteiger partial charge in [0.05, 0.1) is 30.0 Å². The van der Waals surface area contributed by atoms with Crippen LogP contribution in [0.2, 0.25) is 0 Å². The molecule has 20 heavy (non-hydrogen) atoms. The molecule has 3 heteroatoms. The Hall–Kier alpha value is -0.380. The van der Waals surface area contributed by atoms with E-state index >= 15 is 0 Å². The average Bonchev–Trinajstić information content (AvgIpc) is 2.59. The van der Waals surface area contributed by atoms with Crippen LogP contribution in [0.15, 0.2) is 12.2 Å². The number of ether oxygens (including phenoxy) is 3. The van der Waals surface area contributed by atoms with Crippen molar-refractivity contribution in [2.45, 2.75) is 83.9 Å². The smallest absolute Gasteiger partial charge is 0.122 e. The van der Waals surface area contributed by atoms with Crippen LogP contribution in [0, 0.1) is 5.92 Å². The van der Waals surface area contributed by atoms with Gasteiger partial charge in [-0.25, -0.2) is 0 Å². The number of hydrogen-bond donors (Lipinski definition) is 0. The summed E-state index contributed by atoms with van der Waals surface area (Å²) in [7, 11) is 0. The van der Waals surface area contributed by atoms with Gasteiger partial charge in [-0.05, 0) is 48.5 Å². The first kappa shape index (κ1) is 16.0. The van der Waals surface area contributed by atoms with Gasteiger partial charge in [-0.1, -0.05) is 12.2 Å². The molecule has 2 aliphatic rings. The first-order valence-corrected chi connectivity index (χ1v) is 7.61. The summed E-state index contributed by atoms with van der Waals surface area (Å²) in [6.45, 7) is 19.4. The zero-order valence-electron chi connectivity index (χ0n) is 14.1. The summed E-state index contributed by atoms with van der Waals surface area (Å²) in [4.78, 5) is 0. The molecule has 1 aliphatic carbocycles. The standard InChI is InChI=1S/C17H30O3/c1-11-9-17(10-18-15(3,4)5)14(20-16(6,7)8)13(11)12(2)19-17/h12-14H,1,9-10H2,2-8H3/t12-,13+,14?,17+/m0/s1. The van der Waals surface area contributed by atoms with E-state index in [-0.39, 0.29) is 34.9 Å². The minimum Gasteiger partial charge on any atom is -0.373 e. The fraction of sp³-hybridized carbons (Fsp3) is 0.882. The maximum Gasteiger partial charge on any atom is 0.122 e. The van der Waals surface area contributed by atoms with Crippen molar-refractivity contribution in [3.8, 4) is 0 Å². The van der Waals surface area contributed by atoms with Crippen molar-refractivity contribution in [3.63, 3.8) is 0 Å². The average molecular weight is 282 g/mol. The van der Waals surface area contributed by atoms with E-state index in [1.165, 1.54) is 5.57 Å². The Kier molecular flexibility index (Phi) is 3.86. The van der Waals surface area contributed by atoms with Crippen LogP contribution in [0.4, 0.5) is 0 Å². The highest BCUT2D eigenvalue weighted by molar-refractivity contribution is 5.26. The highest BCUT2D eigenvalue weighted by Gasteiger charge is 2.62. The van der Waals surface area contributed by atoms with Crippen LogP contribution >= 0.6 is 0 Å². The monoisotopic (exact) mass is 282 g/mol. The van der Waals surface area contributed by atoms with Crippen LogP contribution < -0.4 is 0 Å². The molecule has 116 valence electrons. The third kappa shape index (κ3) is 3.10. The normalized spacial score (nSPS) is 37.8. The molecule has 0 aromatic heterocycles. The molecule has 0 amide bonds. The van der Waals surface area contributed by atoms with E-state index in [2.05, 4.69) is 55.0 Å². The van der Waals surface area contributed by atoms with Gasteiger partial charge >= 0.3 is 0 Å². The molecule has 0 N–H and O–H groups in total. The van der Waals surface area contributed by atoms with Crippen LogP contribution in [0.5, 0.6) is 0 Å². The van der Waals surface area contributed by atoms with Crippen LogP contribution in [0.1, 0.15) is 54.9 Å². The van der Waals surface area contributed by atoms with Crippen molar-refractivity contribution in [3.05, 3.63) is 12.2 Å². The summed E-state index contributed by atoms with van der Waals surface area (Å²) in [5.74, 6) is 0.290. The summed E-state index contributed by atoms with van der Waals surface area (Å²) < 4.78 is 18.6. The maximum absolute atomic E-state index is 6.33. The van der Waals surface area contributed by atoms with E-state index in [9.17, 15) is 0 Å². The fourth-order valence-corrected chi connectivity index (χ4v) is 3.34. The van der Waals surface area contributed by atoms with Gasteiger partial charge in [-0.3, -0.25) is 0 Å². The van der Waals surface area contributed by atoms with Crippen molar-refractivity contribution in [1.29, 1.82) is 0 Å². The second-order valence-electron chi connectivity index (χ2n) is 8.30. The van der Waals surface area contributed by atoms with Crippen LogP contribution in [0.25, 0.3) is 0 Å². The van der Waals surface area contributed by atoms with E-state index in [0.717, 1.165) is 6.42 Å². The maximum atomic E-state index is 6.33. The van der Waals surface area contributed by atoms with Gasteiger partial charge in [0, 0.05) is 12.3 Å². The van der Waals surface area contributed by atoms with E-state index in [1.807, 2.05) is 0 Å². The molecular formula is C17H30O3. The van der Waals surface area contributed by atoms with E-state index in [4.69, 9.17) is 14.2 Å². The molecule has 1 heterocycles. The van der Waals surface area contributed by atoms with Crippen molar-refractivity contribution < 1.29 is 14.2 Å². The predicted octanol–water partition coefficient (Wildman–Crippen LogP) is 3.72. The summed E-state index contributed by atoms with van der Waals surface area (Å²) in [6.07, 6.45) is 1.05. The Morgan fingerprint density at radius 2 is 1.80 bits per heavy atom. The predicted molar refractivity (Wildman–Crippen MR) is 80.9 cm³/mol. The van der Waals surface area contributed by atoms with E-state index in [1.54, 1.807) is 0 Å². The molecule has 4 atom stereocenters. The number of hydrogen-bond acceptors (Lipinski definition) is 3. The van der Waals surface area contributed by atoms with Crippen LogP contribution in [-0.2, 0) is 14.2 Å². The third-order valence-electron chi connectivity index (χ3n) is 4.00. The molecule has 2 fully saturated rings. The highest BCUT2D eigenvalue weighted by atomic mass is 16.6. The Bertz CT molecular complexity index is 388. The Morgan fingerprint density at radius 3 is 2.25 bits per heavy atom. The molecule has 0 radical (unpaired) electrons. The van der Waals surface area contributed by atoms with Gasteiger partial charge in [0.25, 0.3) is 0 Å². The third-order valence-corrected chi connectivity index (χ3v) is 4.00. The molecule has 3 nitrogen and oxygen atoms in total. The number of rotatable bonds is 3. The van der Waals surface area contributed by atoms with Crippen molar-refractivity contribution >= 4 is 0 Å². The lowest BCUT2D eigenvalue weighted by atomic mass is 9.96. The Balaban J connectivity index is 2.21. The van der Waals surface area contributed by atoms with Crippen molar-refractivity contribution in [2.75, 3.05) is 6.61 Å². The second kappa shape index (κ2) is 4.82. The van der Waals surface area contributed by atoms with E-state index < -0.39 is 0 Å². The summed E-state index contributed by atoms with van der Waals surface area (Å²) in [5.41, 5.74) is 0.529. The summed E-state index contributed by atoms with van der Waals surface area (Å²) in [5, 5.41) is 0. The highest BCUT2D eigenvalue weighted by Crippen LogP contribution is 2.53. The summed E-state index contributed by atoms with van der Waals surface area (Å²) in [6, 6.07) is 0. The molecule has 0 aromatic rings. The number of fused-ring (bicyclic) bond motifs is 2. The zero-order chi connectivity index (χ0) is 15.3. The minimum atomic E-state index is -0.359. The van der Waals surface area contributed by atoms with Crippen molar-refractivity contribution in [2.24, 2.45) is 5.92 Å². The van der Waals surface area contributed by atoms with Gasteiger partial charge in [-0.2, -0.15) is 0 Å². The Labute approximate surface area is 123 Å². The largest absolute Gasteiger partial charge is 0.373 e. The molecule has 2 bridgehead atoms. The fourth-order valence-electron chi connectivity index (χ4n) is 3.34. The lowest BCUT2D eigenvalue weighted by Crippen LogP contribution is -2.47. The first-order valence-electron chi connectivity index (χ1n) is 7.61. The molecule has 1 saturated carbocycles. The topological polar surface area (TPSA) is 27.7 Å². The summed E-state index contributed by atoms with van der Waals surface area (Å²) >= 11 is 0. The molecule has 2 rings (SSSR count). The Morgan fingerprint density at radius 1 is 1.20 bits per heavy atom. The van der Waals surface area contributed by atoms with Crippen LogP contribution in [0.3, 0.4) is 0 Å². The zero-order valence-corrected chi connectivity index (χ0v) is 14.1. The van der Waals surface area contributed by atoms with Gasteiger partial charge in [0.1, 0.15) is 5.60 Å². The molecule has 0 spiro atoms. The molecule has 1 unspecified atom stereocenters. The van der Waals surface area contributed by atoms with E-state index in [0.29, 0.717) is 6.61 Å². The first-order chi connectivity index (χ1) is 8.94. The second-order valence-corrected chi connectivity index (χ2v) is 8.30. The SMILES string of the molecule is C=C1C[C@]2(COC(C)(C)C)O[C@@H](C)[C@@H]1C2OC(C)(C)C. The van der Waals surface area contributed by atoms with Crippen LogP contribution in [-0.4, -0.2) is 35.6 Å². The van der Waals surface area contributed by atoms with Gasteiger partial charge < -0.3 is 14.2 Å². The lowest BCUT2D eigenvalue weighted by molar-refractivity contribution is -0.177. The minimum absolute atomic E-state index is 0.0485. The molecule has 1 saturated heterocycles. The van der Waals surface area contributed by atoms with Crippen molar-refractivity contribution in [1.82, 2.24) is 0 Å².